The van der Waals surface area contributed by atoms with Crippen molar-refractivity contribution in [2.24, 2.45) is 5.92 Å². The number of fused-ring (bicyclic) bond motifs is 1. The summed E-state index contributed by atoms with van der Waals surface area (Å²) in [6.45, 7) is 2.26. The Morgan fingerprint density at radius 3 is 2.72 bits per heavy atom. The minimum absolute atomic E-state index is 0.0476. The summed E-state index contributed by atoms with van der Waals surface area (Å²) < 4.78 is 0. The van der Waals surface area contributed by atoms with Gasteiger partial charge in [-0.15, -0.1) is 0 Å². The summed E-state index contributed by atoms with van der Waals surface area (Å²) in [7, 11) is 3.90. The van der Waals surface area contributed by atoms with Gasteiger partial charge in [-0.3, -0.25) is 0 Å². The number of nitrogens with zero attached hydrogens (tertiary/aromatic N) is 2. The highest BCUT2D eigenvalue weighted by Gasteiger charge is 2.42. The van der Waals surface area contributed by atoms with Crippen molar-refractivity contribution in [3.05, 3.63) is 35.9 Å². The van der Waals surface area contributed by atoms with Gasteiger partial charge in [-0.2, -0.15) is 0 Å². The molecule has 1 aliphatic rings. The fourth-order valence-electron chi connectivity index (χ4n) is 3.08. The van der Waals surface area contributed by atoms with Crippen molar-refractivity contribution < 1.29 is 9.90 Å². The Bertz CT molecular complexity index is 773. The van der Waals surface area contributed by atoms with Crippen molar-refractivity contribution in [1.29, 1.82) is 0 Å². The molecule has 3 rings (SSSR count). The number of aliphatic hydroxyl groups excluding tert-OH is 1. The van der Waals surface area contributed by atoms with E-state index in [2.05, 4.69) is 15.6 Å². The van der Waals surface area contributed by atoms with E-state index in [9.17, 15) is 9.90 Å². The fourth-order valence-corrected chi connectivity index (χ4v) is 3.08. The van der Waals surface area contributed by atoms with E-state index in [0.29, 0.717) is 12.5 Å². The SMILES string of the molecule is CN(C)c1cc(CNC(=O)NC(C)(CO)C2CC2)c2ccccc2n1. The zero-order chi connectivity index (χ0) is 18.0. The minimum Gasteiger partial charge on any atom is -0.394 e. The number of carbonyl (C=O) groups excluding carboxylic acids is 1. The van der Waals surface area contributed by atoms with Crippen LogP contribution in [0.2, 0.25) is 0 Å². The number of nitrogens with one attached hydrogen (secondary N) is 2. The van der Waals surface area contributed by atoms with E-state index in [1.165, 1.54) is 0 Å². The second-order valence-corrected chi connectivity index (χ2v) is 7.21. The van der Waals surface area contributed by atoms with Gasteiger partial charge in [-0.1, -0.05) is 18.2 Å². The molecule has 2 amide bonds. The summed E-state index contributed by atoms with van der Waals surface area (Å²) in [5.41, 5.74) is 1.38. The molecule has 1 aromatic carbocycles. The van der Waals surface area contributed by atoms with Gasteiger partial charge >= 0.3 is 6.03 Å². The maximum absolute atomic E-state index is 12.3. The summed E-state index contributed by atoms with van der Waals surface area (Å²) in [6, 6.07) is 9.66. The predicted molar refractivity (Wildman–Crippen MR) is 99.7 cm³/mol. The first-order chi connectivity index (χ1) is 11.9. The lowest BCUT2D eigenvalue weighted by atomic mass is 9.97. The molecule has 1 aromatic heterocycles. The molecule has 1 saturated carbocycles. The minimum atomic E-state index is -0.542. The number of pyridine rings is 1. The van der Waals surface area contributed by atoms with E-state index < -0.39 is 5.54 Å². The van der Waals surface area contributed by atoms with Gasteiger partial charge in [-0.25, -0.2) is 9.78 Å². The Hall–Kier alpha value is -2.34. The molecule has 0 aliphatic heterocycles. The van der Waals surface area contributed by atoms with E-state index in [1.807, 2.05) is 56.3 Å². The molecule has 0 spiro atoms. The number of benzene rings is 1. The fraction of sp³-hybridized carbons (Fsp3) is 0.474. The molecule has 2 aromatic rings. The second-order valence-electron chi connectivity index (χ2n) is 7.21. The van der Waals surface area contributed by atoms with Crippen LogP contribution in [0.5, 0.6) is 0 Å². The quantitative estimate of drug-likeness (QED) is 0.752. The standard InChI is InChI=1S/C19H26N4O2/c1-19(12-24,14-8-9-14)22-18(25)20-11-13-10-17(23(2)3)21-16-7-5-4-6-15(13)16/h4-7,10,14,24H,8-9,11-12H2,1-3H3,(H2,20,22,25). The number of hydrogen-bond acceptors (Lipinski definition) is 4. The zero-order valence-electron chi connectivity index (χ0n) is 15.0. The summed E-state index contributed by atoms with van der Waals surface area (Å²) in [5.74, 6) is 1.22. The molecule has 3 N–H and O–H groups in total. The van der Waals surface area contributed by atoms with Crippen molar-refractivity contribution in [2.45, 2.75) is 31.8 Å². The maximum Gasteiger partial charge on any atom is 0.315 e. The van der Waals surface area contributed by atoms with Crippen molar-refractivity contribution in [3.63, 3.8) is 0 Å². The first-order valence-electron chi connectivity index (χ1n) is 8.66. The van der Waals surface area contributed by atoms with Crippen LogP contribution in [-0.4, -0.2) is 42.4 Å². The third kappa shape index (κ3) is 3.85. The summed E-state index contributed by atoms with van der Waals surface area (Å²) in [6.07, 6.45) is 2.11. The Balaban J connectivity index is 1.75. The van der Waals surface area contributed by atoms with Crippen molar-refractivity contribution in [1.82, 2.24) is 15.6 Å². The highest BCUT2D eigenvalue weighted by Crippen LogP contribution is 2.39. The lowest BCUT2D eigenvalue weighted by molar-refractivity contribution is 0.155. The Morgan fingerprint density at radius 2 is 2.08 bits per heavy atom. The smallest absolute Gasteiger partial charge is 0.315 e. The second kappa shape index (κ2) is 6.88. The monoisotopic (exact) mass is 342 g/mol. The number of para-hydroxylation sites is 1. The Morgan fingerprint density at radius 1 is 1.36 bits per heavy atom. The number of aromatic nitrogens is 1. The van der Waals surface area contributed by atoms with E-state index in [4.69, 9.17) is 0 Å². The summed E-state index contributed by atoms with van der Waals surface area (Å²) in [5, 5.41) is 16.5. The van der Waals surface area contributed by atoms with Gasteiger partial charge in [0, 0.05) is 26.0 Å². The summed E-state index contributed by atoms with van der Waals surface area (Å²) >= 11 is 0. The molecule has 25 heavy (non-hydrogen) atoms. The Kier molecular flexibility index (Phi) is 4.81. The molecular formula is C19H26N4O2. The zero-order valence-corrected chi connectivity index (χ0v) is 15.0. The molecule has 6 heteroatoms. The number of urea groups is 1. The van der Waals surface area contributed by atoms with Gasteiger partial charge in [0.05, 0.1) is 17.7 Å². The Labute approximate surface area is 148 Å². The molecule has 6 nitrogen and oxygen atoms in total. The molecule has 1 unspecified atom stereocenters. The van der Waals surface area contributed by atoms with Gasteiger partial charge in [0.2, 0.25) is 0 Å². The van der Waals surface area contributed by atoms with Crippen LogP contribution < -0.4 is 15.5 Å². The normalized spacial score (nSPS) is 16.3. The van der Waals surface area contributed by atoms with Gasteiger partial charge in [0.1, 0.15) is 5.82 Å². The topological polar surface area (TPSA) is 77.5 Å². The van der Waals surface area contributed by atoms with Gasteiger partial charge in [-0.05, 0) is 43.4 Å². The molecule has 134 valence electrons. The lowest BCUT2D eigenvalue weighted by Gasteiger charge is -2.28. The van der Waals surface area contributed by atoms with E-state index in [1.54, 1.807) is 0 Å². The highest BCUT2D eigenvalue weighted by molar-refractivity contribution is 5.84. The van der Waals surface area contributed by atoms with Crippen LogP contribution in [0, 0.1) is 5.92 Å². The number of aliphatic hydroxyl groups is 1. The first-order valence-corrected chi connectivity index (χ1v) is 8.66. The average Bonchev–Trinajstić information content (AvgIpc) is 3.44. The molecule has 1 aliphatic carbocycles. The number of rotatable bonds is 6. The van der Waals surface area contributed by atoms with Crippen LogP contribution in [0.1, 0.15) is 25.3 Å². The third-order valence-electron chi connectivity index (χ3n) is 4.89. The van der Waals surface area contributed by atoms with Crippen molar-refractivity contribution >= 4 is 22.8 Å². The van der Waals surface area contributed by atoms with Crippen molar-refractivity contribution in [3.8, 4) is 0 Å². The number of amides is 2. The molecule has 1 atom stereocenters. The van der Waals surface area contributed by atoms with Gasteiger partial charge in [0.15, 0.2) is 0 Å². The molecule has 1 fully saturated rings. The number of anilines is 1. The van der Waals surface area contributed by atoms with Crippen LogP contribution in [0.3, 0.4) is 0 Å². The van der Waals surface area contributed by atoms with Gasteiger partial charge < -0.3 is 20.6 Å². The van der Waals surface area contributed by atoms with Crippen molar-refractivity contribution in [2.75, 3.05) is 25.6 Å². The molecule has 0 radical (unpaired) electrons. The lowest BCUT2D eigenvalue weighted by Crippen LogP contribution is -2.53. The molecule has 1 heterocycles. The number of carbonyl (C=O) groups is 1. The summed E-state index contributed by atoms with van der Waals surface area (Å²) in [4.78, 5) is 18.9. The van der Waals surface area contributed by atoms with Crippen LogP contribution in [0.15, 0.2) is 30.3 Å². The predicted octanol–water partition coefficient (Wildman–Crippen LogP) is 2.26. The van der Waals surface area contributed by atoms with Crippen LogP contribution >= 0.6 is 0 Å². The van der Waals surface area contributed by atoms with Crippen LogP contribution in [0.4, 0.5) is 10.6 Å². The molecule has 0 bridgehead atoms. The molecule has 0 saturated heterocycles. The van der Waals surface area contributed by atoms with E-state index in [0.717, 1.165) is 35.1 Å². The van der Waals surface area contributed by atoms with E-state index in [-0.39, 0.29) is 12.6 Å². The first kappa shape index (κ1) is 17.5. The molecular weight excluding hydrogens is 316 g/mol. The maximum atomic E-state index is 12.3. The van der Waals surface area contributed by atoms with E-state index >= 15 is 0 Å². The highest BCUT2D eigenvalue weighted by atomic mass is 16.3. The third-order valence-corrected chi connectivity index (χ3v) is 4.89. The van der Waals surface area contributed by atoms with Gasteiger partial charge in [0.25, 0.3) is 0 Å². The largest absolute Gasteiger partial charge is 0.394 e. The average molecular weight is 342 g/mol. The number of hydrogen-bond donors (Lipinski definition) is 3. The van der Waals surface area contributed by atoms with Crippen LogP contribution in [0.25, 0.3) is 10.9 Å². The van der Waals surface area contributed by atoms with Crippen LogP contribution in [-0.2, 0) is 6.54 Å².